The maximum absolute atomic E-state index is 12.8. The normalized spacial score (nSPS) is 26.2. The Morgan fingerprint density at radius 1 is 1.23 bits per heavy atom. The molecule has 0 unspecified atom stereocenters. The fraction of sp³-hybridized carbons (Fsp3) is 0.556. The fourth-order valence-corrected chi connectivity index (χ4v) is 4.20. The molecule has 8 heteroatoms. The van der Waals surface area contributed by atoms with Crippen LogP contribution in [0.2, 0.25) is 0 Å². The van der Waals surface area contributed by atoms with E-state index in [-0.39, 0.29) is 30.9 Å². The summed E-state index contributed by atoms with van der Waals surface area (Å²) in [6, 6.07) is 3.68. The number of carbonyl (C=O) groups excluding carboxylic acids is 3. The highest BCUT2D eigenvalue weighted by molar-refractivity contribution is 6.04. The molecule has 4 aliphatic heterocycles. The highest BCUT2D eigenvalue weighted by Crippen LogP contribution is 2.29. The SMILES string of the molecule is O=C1CNC(=O)N1CC(=O)N1C[C@H]2CC[C@@H]1CN(Cc1cccnc1)C2. The lowest BCUT2D eigenvalue weighted by molar-refractivity contribution is -0.139. The molecule has 138 valence electrons. The molecule has 0 spiro atoms. The van der Waals surface area contributed by atoms with Crippen molar-refractivity contribution >= 4 is 17.8 Å². The predicted octanol–water partition coefficient (Wildman–Crippen LogP) is 0.0562. The lowest BCUT2D eigenvalue weighted by Gasteiger charge is -2.36. The summed E-state index contributed by atoms with van der Waals surface area (Å²) >= 11 is 0. The molecule has 1 aromatic rings. The predicted molar refractivity (Wildman–Crippen MR) is 92.9 cm³/mol. The smallest absolute Gasteiger partial charge is 0.325 e. The molecule has 0 aliphatic carbocycles. The van der Waals surface area contributed by atoms with Crippen LogP contribution in [0.1, 0.15) is 18.4 Å². The second-order valence-corrected chi connectivity index (χ2v) is 7.34. The standard InChI is InChI=1S/C18H23N5O3/c24-16-7-20-18(26)23(16)12-17(25)22-10-14-3-4-15(22)11-21(9-14)8-13-2-1-5-19-6-13/h1-2,5-6,14-15H,3-4,7-12H2,(H,20,26)/t14-,15+/m0/s1. The van der Waals surface area contributed by atoms with Gasteiger partial charge < -0.3 is 10.2 Å². The highest BCUT2D eigenvalue weighted by atomic mass is 16.2. The van der Waals surface area contributed by atoms with Crippen LogP contribution >= 0.6 is 0 Å². The lowest BCUT2D eigenvalue weighted by Crippen LogP contribution is -2.51. The van der Waals surface area contributed by atoms with Crippen molar-refractivity contribution in [1.82, 2.24) is 25.0 Å². The van der Waals surface area contributed by atoms with Crippen molar-refractivity contribution in [1.29, 1.82) is 0 Å². The van der Waals surface area contributed by atoms with Crippen LogP contribution in [-0.2, 0) is 16.1 Å². The Hall–Kier alpha value is -2.48. The van der Waals surface area contributed by atoms with Gasteiger partial charge in [0, 0.05) is 44.6 Å². The number of hydrogen-bond donors (Lipinski definition) is 1. The van der Waals surface area contributed by atoms with Crippen LogP contribution in [0.15, 0.2) is 24.5 Å². The van der Waals surface area contributed by atoms with Crippen molar-refractivity contribution in [2.75, 3.05) is 32.7 Å². The number of carbonyl (C=O) groups is 3. The van der Waals surface area contributed by atoms with E-state index < -0.39 is 6.03 Å². The number of pyridine rings is 1. The largest absolute Gasteiger partial charge is 0.337 e. The van der Waals surface area contributed by atoms with Crippen molar-refractivity contribution in [3.8, 4) is 0 Å². The number of piperidine rings is 1. The Kier molecular flexibility index (Phi) is 4.58. The number of nitrogens with zero attached hydrogens (tertiary/aromatic N) is 4. The maximum atomic E-state index is 12.8. The second-order valence-electron chi connectivity index (χ2n) is 7.34. The maximum Gasteiger partial charge on any atom is 0.325 e. The van der Waals surface area contributed by atoms with E-state index >= 15 is 0 Å². The molecule has 1 aromatic heterocycles. The Morgan fingerprint density at radius 2 is 2.12 bits per heavy atom. The summed E-state index contributed by atoms with van der Waals surface area (Å²) in [5.74, 6) is -0.0349. The zero-order valence-electron chi connectivity index (χ0n) is 14.6. The minimum absolute atomic E-state index is 0.0168. The quantitative estimate of drug-likeness (QED) is 0.770. The molecule has 0 radical (unpaired) electrons. The van der Waals surface area contributed by atoms with Gasteiger partial charge in [-0.2, -0.15) is 0 Å². The second kappa shape index (κ2) is 7.03. The van der Waals surface area contributed by atoms with Gasteiger partial charge in [-0.05, 0) is 30.4 Å². The van der Waals surface area contributed by atoms with E-state index in [1.54, 1.807) is 6.20 Å². The topological polar surface area (TPSA) is 85.8 Å². The number of nitrogens with one attached hydrogen (secondary N) is 1. The molecule has 26 heavy (non-hydrogen) atoms. The van der Waals surface area contributed by atoms with Gasteiger partial charge in [0.15, 0.2) is 0 Å². The average Bonchev–Trinajstić information content (AvgIpc) is 2.82. The Bertz CT molecular complexity index is 694. The summed E-state index contributed by atoms with van der Waals surface area (Å²) in [6.07, 6.45) is 5.74. The monoisotopic (exact) mass is 357 g/mol. The Labute approximate surface area is 152 Å². The van der Waals surface area contributed by atoms with Crippen LogP contribution in [0.3, 0.4) is 0 Å². The van der Waals surface area contributed by atoms with Gasteiger partial charge in [0.2, 0.25) is 5.91 Å². The summed E-state index contributed by atoms with van der Waals surface area (Å²) in [5, 5.41) is 2.46. The number of imide groups is 1. The molecular weight excluding hydrogens is 334 g/mol. The molecule has 2 bridgehead atoms. The van der Waals surface area contributed by atoms with Crippen LogP contribution in [-0.4, -0.2) is 76.3 Å². The molecule has 4 amide bonds. The third-order valence-electron chi connectivity index (χ3n) is 5.47. The molecule has 1 N–H and O–H groups in total. The molecule has 2 atom stereocenters. The molecule has 5 heterocycles. The average molecular weight is 357 g/mol. The van der Waals surface area contributed by atoms with Gasteiger partial charge in [-0.15, -0.1) is 0 Å². The minimum atomic E-state index is -0.471. The van der Waals surface area contributed by atoms with Gasteiger partial charge in [-0.25, -0.2) is 4.79 Å². The number of rotatable bonds is 4. The van der Waals surface area contributed by atoms with Crippen LogP contribution in [0.4, 0.5) is 4.79 Å². The number of amides is 4. The van der Waals surface area contributed by atoms with Gasteiger partial charge in [0.05, 0.1) is 6.54 Å². The van der Waals surface area contributed by atoms with E-state index in [4.69, 9.17) is 0 Å². The molecule has 0 aromatic carbocycles. The van der Waals surface area contributed by atoms with Gasteiger partial charge in [-0.1, -0.05) is 6.07 Å². The summed E-state index contributed by atoms with van der Waals surface area (Å²) in [4.78, 5) is 45.7. The Morgan fingerprint density at radius 3 is 2.85 bits per heavy atom. The third-order valence-corrected chi connectivity index (χ3v) is 5.47. The molecule has 0 saturated carbocycles. The van der Waals surface area contributed by atoms with Crippen molar-refractivity contribution in [3.05, 3.63) is 30.1 Å². The summed E-state index contributed by atoms with van der Waals surface area (Å²) < 4.78 is 0. The first kappa shape index (κ1) is 17.0. The van der Waals surface area contributed by atoms with Gasteiger partial charge in [0.1, 0.15) is 6.54 Å². The first-order valence-corrected chi connectivity index (χ1v) is 9.09. The molecule has 5 rings (SSSR count). The van der Waals surface area contributed by atoms with Gasteiger partial charge in [-0.3, -0.25) is 24.4 Å². The first-order valence-electron chi connectivity index (χ1n) is 9.09. The van der Waals surface area contributed by atoms with Crippen molar-refractivity contribution in [2.45, 2.75) is 25.4 Å². The van der Waals surface area contributed by atoms with Crippen LogP contribution in [0.25, 0.3) is 0 Å². The Balaban J connectivity index is 1.42. The van der Waals surface area contributed by atoms with E-state index in [0.717, 1.165) is 37.4 Å². The fourth-order valence-electron chi connectivity index (χ4n) is 4.20. The van der Waals surface area contributed by atoms with Crippen LogP contribution in [0.5, 0.6) is 0 Å². The third kappa shape index (κ3) is 3.41. The van der Waals surface area contributed by atoms with Crippen molar-refractivity contribution < 1.29 is 14.4 Å². The van der Waals surface area contributed by atoms with Crippen molar-refractivity contribution in [2.24, 2.45) is 5.92 Å². The zero-order chi connectivity index (χ0) is 18.1. The summed E-state index contributed by atoms with van der Waals surface area (Å²) in [5.41, 5.74) is 1.17. The number of hydrogen-bond acceptors (Lipinski definition) is 5. The minimum Gasteiger partial charge on any atom is -0.337 e. The van der Waals surface area contributed by atoms with Gasteiger partial charge >= 0.3 is 6.03 Å². The van der Waals surface area contributed by atoms with E-state index in [0.29, 0.717) is 12.5 Å². The molecule has 8 nitrogen and oxygen atoms in total. The zero-order valence-corrected chi connectivity index (χ0v) is 14.6. The molecule has 4 aliphatic rings. The van der Waals surface area contributed by atoms with E-state index in [9.17, 15) is 14.4 Å². The number of fused-ring (bicyclic) bond motifs is 4. The molecule has 4 fully saturated rings. The van der Waals surface area contributed by atoms with Crippen molar-refractivity contribution in [3.63, 3.8) is 0 Å². The highest BCUT2D eigenvalue weighted by Gasteiger charge is 2.39. The van der Waals surface area contributed by atoms with E-state index in [1.807, 2.05) is 17.2 Å². The molecule has 4 saturated heterocycles. The first-order chi connectivity index (χ1) is 12.6. The summed E-state index contributed by atoms with van der Waals surface area (Å²) in [7, 11) is 0. The number of aromatic nitrogens is 1. The molecular formula is C18H23N5O3. The van der Waals surface area contributed by atoms with Crippen LogP contribution in [0, 0.1) is 5.92 Å². The van der Waals surface area contributed by atoms with E-state index in [1.165, 1.54) is 5.56 Å². The number of urea groups is 1. The lowest BCUT2D eigenvalue weighted by atomic mass is 9.95. The van der Waals surface area contributed by atoms with E-state index in [2.05, 4.69) is 21.3 Å². The van der Waals surface area contributed by atoms with Gasteiger partial charge in [0.25, 0.3) is 5.91 Å². The summed E-state index contributed by atoms with van der Waals surface area (Å²) in [6.45, 7) is 3.13. The van der Waals surface area contributed by atoms with Crippen LogP contribution < -0.4 is 5.32 Å².